The van der Waals surface area contributed by atoms with E-state index in [9.17, 15) is 13.2 Å². The third kappa shape index (κ3) is 4.80. The van der Waals surface area contributed by atoms with Gasteiger partial charge in [-0.25, -0.2) is 8.42 Å². The first-order chi connectivity index (χ1) is 9.74. The Balaban J connectivity index is 2.18. The van der Waals surface area contributed by atoms with Gasteiger partial charge in [-0.15, -0.1) is 11.3 Å². The molecule has 0 spiro atoms. The standard InChI is InChI=1S/C12H10Br2N2O3S2/c1-21(18,19)16-8-4-2-3-7(5-8)15-12(17)9-6-10(13)20-11(9)14/h2-6,16H,1H3,(H,15,17). The van der Waals surface area contributed by atoms with Gasteiger partial charge < -0.3 is 5.32 Å². The summed E-state index contributed by atoms with van der Waals surface area (Å²) in [5.41, 5.74) is 1.40. The number of sulfonamides is 1. The third-order valence-corrected chi connectivity index (χ3v) is 5.27. The molecule has 0 unspecified atom stereocenters. The molecule has 0 aliphatic carbocycles. The van der Waals surface area contributed by atoms with Gasteiger partial charge in [0.1, 0.15) is 0 Å². The molecule has 21 heavy (non-hydrogen) atoms. The summed E-state index contributed by atoms with van der Waals surface area (Å²) in [4.78, 5) is 12.2. The van der Waals surface area contributed by atoms with Crippen molar-refractivity contribution < 1.29 is 13.2 Å². The number of rotatable bonds is 4. The summed E-state index contributed by atoms with van der Waals surface area (Å²) in [7, 11) is -3.35. The lowest BCUT2D eigenvalue weighted by molar-refractivity contribution is 0.102. The zero-order valence-corrected chi connectivity index (χ0v) is 15.5. The Bertz CT molecular complexity index is 788. The van der Waals surface area contributed by atoms with Crippen molar-refractivity contribution in [3.05, 3.63) is 43.5 Å². The van der Waals surface area contributed by atoms with Gasteiger partial charge in [0.2, 0.25) is 10.0 Å². The van der Waals surface area contributed by atoms with Crippen LogP contribution in [0.25, 0.3) is 0 Å². The first kappa shape index (κ1) is 16.5. The van der Waals surface area contributed by atoms with E-state index in [-0.39, 0.29) is 5.91 Å². The molecule has 2 aromatic rings. The summed E-state index contributed by atoms with van der Waals surface area (Å²) in [6.45, 7) is 0. The van der Waals surface area contributed by atoms with E-state index in [1.807, 2.05) is 0 Å². The summed E-state index contributed by atoms with van der Waals surface area (Å²) >= 11 is 8.03. The van der Waals surface area contributed by atoms with Gasteiger partial charge in [0.25, 0.3) is 5.91 Å². The zero-order chi connectivity index (χ0) is 15.6. The lowest BCUT2D eigenvalue weighted by Gasteiger charge is -2.08. The minimum Gasteiger partial charge on any atom is -0.322 e. The Morgan fingerprint density at radius 3 is 2.43 bits per heavy atom. The number of nitrogens with one attached hydrogen (secondary N) is 2. The van der Waals surface area contributed by atoms with Crippen LogP contribution < -0.4 is 10.0 Å². The Hall–Kier alpha value is -0.900. The van der Waals surface area contributed by atoms with Crippen LogP contribution in [0.3, 0.4) is 0 Å². The topological polar surface area (TPSA) is 75.3 Å². The van der Waals surface area contributed by atoms with E-state index in [1.54, 1.807) is 30.3 Å². The lowest BCUT2D eigenvalue weighted by Crippen LogP contribution is -2.13. The van der Waals surface area contributed by atoms with E-state index in [0.29, 0.717) is 16.9 Å². The van der Waals surface area contributed by atoms with Crippen LogP contribution in [0.4, 0.5) is 11.4 Å². The van der Waals surface area contributed by atoms with Crippen molar-refractivity contribution in [1.82, 2.24) is 0 Å². The Kier molecular flexibility index (Phi) is 5.07. The highest BCUT2D eigenvalue weighted by Gasteiger charge is 2.14. The molecule has 0 radical (unpaired) electrons. The smallest absolute Gasteiger partial charge is 0.257 e. The predicted molar refractivity (Wildman–Crippen MR) is 92.6 cm³/mol. The second kappa shape index (κ2) is 6.47. The monoisotopic (exact) mass is 452 g/mol. The van der Waals surface area contributed by atoms with Crippen LogP contribution in [0.15, 0.2) is 37.9 Å². The minimum absolute atomic E-state index is 0.277. The predicted octanol–water partition coefficient (Wildman–Crippen LogP) is 3.90. The first-order valence-electron chi connectivity index (χ1n) is 5.58. The van der Waals surface area contributed by atoms with Crippen LogP contribution in [-0.2, 0) is 10.0 Å². The average Bonchev–Trinajstić information content (AvgIpc) is 2.66. The highest BCUT2D eigenvalue weighted by molar-refractivity contribution is 9.12. The number of benzene rings is 1. The van der Waals surface area contributed by atoms with E-state index in [0.717, 1.165) is 13.8 Å². The quantitative estimate of drug-likeness (QED) is 0.737. The largest absolute Gasteiger partial charge is 0.322 e. The van der Waals surface area contributed by atoms with Gasteiger partial charge in [-0.3, -0.25) is 9.52 Å². The molecule has 0 bridgehead atoms. The molecule has 5 nitrogen and oxygen atoms in total. The van der Waals surface area contributed by atoms with Gasteiger partial charge in [0.15, 0.2) is 0 Å². The normalized spacial score (nSPS) is 11.2. The van der Waals surface area contributed by atoms with Crippen molar-refractivity contribution in [2.75, 3.05) is 16.3 Å². The van der Waals surface area contributed by atoms with Crippen molar-refractivity contribution in [2.24, 2.45) is 0 Å². The molecule has 0 atom stereocenters. The molecule has 0 saturated carbocycles. The van der Waals surface area contributed by atoms with Gasteiger partial charge >= 0.3 is 0 Å². The van der Waals surface area contributed by atoms with Crippen molar-refractivity contribution in [3.63, 3.8) is 0 Å². The maximum atomic E-state index is 12.2. The molecule has 0 aliphatic rings. The summed E-state index contributed by atoms with van der Waals surface area (Å²) in [6, 6.07) is 8.20. The summed E-state index contributed by atoms with van der Waals surface area (Å²) in [5.74, 6) is -0.277. The van der Waals surface area contributed by atoms with Crippen molar-refractivity contribution >= 4 is 70.5 Å². The van der Waals surface area contributed by atoms with Crippen LogP contribution in [0.2, 0.25) is 0 Å². The van der Waals surface area contributed by atoms with E-state index < -0.39 is 10.0 Å². The van der Waals surface area contributed by atoms with Gasteiger partial charge in [0, 0.05) is 5.69 Å². The number of hydrogen-bond acceptors (Lipinski definition) is 4. The highest BCUT2D eigenvalue weighted by Crippen LogP contribution is 2.32. The van der Waals surface area contributed by atoms with E-state index >= 15 is 0 Å². The molecular formula is C12H10Br2N2O3S2. The van der Waals surface area contributed by atoms with E-state index in [2.05, 4.69) is 41.9 Å². The molecule has 0 saturated heterocycles. The van der Waals surface area contributed by atoms with E-state index in [4.69, 9.17) is 0 Å². The number of carbonyl (C=O) groups is 1. The molecule has 1 aromatic carbocycles. The fourth-order valence-electron chi connectivity index (χ4n) is 1.57. The van der Waals surface area contributed by atoms with Crippen LogP contribution in [0, 0.1) is 0 Å². The third-order valence-electron chi connectivity index (χ3n) is 2.32. The maximum Gasteiger partial charge on any atom is 0.257 e. The van der Waals surface area contributed by atoms with Crippen LogP contribution in [0.1, 0.15) is 10.4 Å². The number of hydrogen-bond donors (Lipinski definition) is 2. The second-order valence-electron chi connectivity index (χ2n) is 4.15. The molecular weight excluding hydrogens is 444 g/mol. The van der Waals surface area contributed by atoms with Crippen LogP contribution in [-0.4, -0.2) is 20.6 Å². The van der Waals surface area contributed by atoms with Crippen molar-refractivity contribution in [3.8, 4) is 0 Å². The second-order valence-corrected chi connectivity index (χ2v) is 9.64. The zero-order valence-electron chi connectivity index (χ0n) is 10.7. The number of carbonyl (C=O) groups excluding carboxylic acids is 1. The average molecular weight is 454 g/mol. The molecule has 9 heteroatoms. The molecule has 0 aliphatic heterocycles. The number of halogens is 2. The summed E-state index contributed by atoms with van der Waals surface area (Å²) < 4.78 is 26.3. The van der Waals surface area contributed by atoms with E-state index in [1.165, 1.54) is 11.3 Å². The van der Waals surface area contributed by atoms with Gasteiger partial charge in [-0.1, -0.05) is 6.07 Å². The lowest BCUT2D eigenvalue weighted by atomic mass is 10.2. The van der Waals surface area contributed by atoms with Crippen LogP contribution in [0.5, 0.6) is 0 Å². The number of anilines is 2. The van der Waals surface area contributed by atoms with Crippen LogP contribution >= 0.6 is 43.2 Å². The van der Waals surface area contributed by atoms with Crippen molar-refractivity contribution in [2.45, 2.75) is 0 Å². The Labute approximate surface area is 143 Å². The fourth-order valence-corrected chi connectivity index (χ4v) is 4.92. The fraction of sp³-hybridized carbons (Fsp3) is 0.0833. The molecule has 2 rings (SSSR count). The van der Waals surface area contributed by atoms with Gasteiger partial charge in [-0.05, 0) is 56.1 Å². The molecule has 1 heterocycles. The number of thiophene rings is 1. The number of amides is 1. The molecule has 2 N–H and O–H groups in total. The molecule has 0 fully saturated rings. The minimum atomic E-state index is -3.35. The summed E-state index contributed by atoms with van der Waals surface area (Å²) in [6.07, 6.45) is 1.07. The van der Waals surface area contributed by atoms with Gasteiger partial charge in [-0.2, -0.15) is 0 Å². The van der Waals surface area contributed by atoms with Gasteiger partial charge in [0.05, 0.1) is 25.1 Å². The first-order valence-corrected chi connectivity index (χ1v) is 9.88. The Morgan fingerprint density at radius 2 is 1.86 bits per heavy atom. The maximum absolute atomic E-state index is 12.2. The molecule has 1 amide bonds. The molecule has 1 aromatic heterocycles. The Morgan fingerprint density at radius 1 is 1.19 bits per heavy atom. The van der Waals surface area contributed by atoms with Crippen molar-refractivity contribution in [1.29, 1.82) is 0 Å². The highest BCUT2D eigenvalue weighted by atomic mass is 79.9. The summed E-state index contributed by atoms with van der Waals surface area (Å²) in [5, 5.41) is 2.72. The molecule has 112 valence electrons. The SMILES string of the molecule is CS(=O)(=O)Nc1cccc(NC(=O)c2cc(Br)sc2Br)c1.